The lowest BCUT2D eigenvalue weighted by molar-refractivity contribution is 0.100. The lowest BCUT2D eigenvalue weighted by Crippen LogP contribution is -2.49. The van der Waals surface area contributed by atoms with Gasteiger partial charge in [-0.05, 0) is 65.9 Å². The number of anilines is 1. The molecule has 0 spiro atoms. The van der Waals surface area contributed by atoms with Crippen molar-refractivity contribution in [2.75, 3.05) is 37.7 Å². The highest BCUT2D eigenvalue weighted by Crippen LogP contribution is 2.36. The summed E-state index contributed by atoms with van der Waals surface area (Å²) in [4.78, 5) is 4.59. The minimum Gasteiger partial charge on any atom is -0.396 e. The standard InChI is InChI=1S/C28H29Cl2N3O2/c29-24-10-8-22(9-11-24)27-18-32(19-28(35)23-6-3-21(17-31)4-7-23)13-14-33(27)26-12-5-20(2-1-15-34)16-25(26)30/h3-12,16,27-28,34-35H,1-2,13-15,18-19H2/t27-,28+/m0/s1. The van der Waals surface area contributed by atoms with E-state index in [1.807, 2.05) is 42.5 Å². The second-order valence-corrected chi connectivity index (χ2v) is 9.73. The van der Waals surface area contributed by atoms with Gasteiger partial charge in [-0.25, -0.2) is 0 Å². The summed E-state index contributed by atoms with van der Waals surface area (Å²) in [6.45, 7) is 2.91. The highest BCUT2D eigenvalue weighted by molar-refractivity contribution is 6.33. The lowest BCUT2D eigenvalue weighted by Gasteiger charge is -2.44. The third kappa shape index (κ3) is 6.35. The van der Waals surface area contributed by atoms with Gasteiger partial charge in [0, 0.05) is 37.8 Å². The molecule has 1 heterocycles. The third-order valence-electron chi connectivity index (χ3n) is 6.52. The molecule has 3 aromatic rings. The summed E-state index contributed by atoms with van der Waals surface area (Å²) in [7, 11) is 0. The van der Waals surface area contributed by atoms with Crippen LogP contribution in [0, 0.1) is 11.3 Å². The van der Waals surface area contributed by atoms with Gasteiger partial charge in [0.2, 0.25) is 0 Å². The number of piperazine rings is 1. The van der Waals surface area contributed by atoms with E-state index < -0.39 is 6.10 Å². The largest absolute Gasteiger partial charge is 0.396 e. The smallest absolute Gasteiger partial charge is 0.0991 e. The summed E-state index contributed by atoms with van der Waals surface area (Å²) >= 11 is 12.9. The molecule has 0 amide bonds. The maximum absolute atomic E-state index is 10.9. The van der Waals surface area contributed by atoms with Crippen LogP contribution in [0.4, 0.5) is 5.69 Å². The first-order valence-corrected chi connectivity index (χ1v) is 12.6. The fourth-order valence-corrected chi connectivity index (χ4v) is 5.05. The first-order valence-electron chi connectivity index (χ1n) is 11.8. The van der Waals surface area contributed by atoms with Gasteiger partial charge in [-0.15, -0.1) is 0 Å². The van der Waals surface area contributed by atoms with Crippen LogP contribution in [0.3, 0.4) is 0 Å². The summed E-state index contributed by atoms with van der Waals surface area (Å²) in [6.07, 6.45) is 0.858. The Morgan fingerprint density at radius 1 is 1.00 bits per heavy atom. The molecule has 2 atom stereocenters. The Balaban J connectivity index is 1.55. The maximum atomic E-state index is 10.9. The Kier molecular flexibility index (Phi) is 8.67. The van der Waals surface area contributed by atoms with E-state index in [0.29, 0.717) is 28.6 Å². The van der Waals surface area contributed by atoms with Crippen molar-refractivity contribution in [1.82, 2.24) is 4.90 Å². The second-order valence-electron chi connectivity index (χ2n) is 8.88. The molecule has 0 radical (unpaired) electrons. The average Bonchev–Trinajstić information content (AvgIpc) is 2.88. The maximum Gasteiger partial charge on any atom is 0.0991 e. The predicted octanol–water partition coefficient (Wildman–Crippen LogP) is 5.39. The zero-order chi connectivity index (χ0) is 24.8. The number of benzene rings is 3. The molecule has 0 unspecified atom stereocenters. The van der Waals surface area contributed by atoms with Crippen LogP contribution in [0.2, 0.25) is 10.0 Å². The fourth-order valence-electron chi connectivity index (χ4n) is 4.62. The average molecular weight is 510 g/mol. The van der Waals surface area contributed by atoms with E-state index in [4.69, 9.17) is 33.6 Å². The number of aliphatic hydroxyl groups excluding tert-OH is 2. The minimum absolute atomic E-state index is 0.0370. The first kappa shape index (κ1) is 25.5. The monoisotopic (exact) mass is 509 g/mol. The highest BCUT2D eigenvalue weighted by atomic mass is 35.5. The molecule has 0 bridgehead atoms. The molecular formula is C28H29Cl2N3O2. The van der Waals surface area contributed by atoms with E-state index in [9.17, 15) is 5.11 Å². The Morgan fingerprint density at radius 3 is 2.40 bits per heavy atom. The van der Waals surface area contributed by atoms with E-state index in [0.717, 1.165) is 48.4 Å². The zero-order valence-corrected chi connectivity index (χ0v) is 21.0. The van der Waals surface area contributed by atoms with Crippen LogP contribution in [0.25, 0.3) is 0 Å². The van der Waals surface area contributed by atoms with Crippen molar-refractivity contribution in [3.05, 3.63) is 99.0 Å². The molecule has 1 fully saturated rings. The van der Waals surface area contributed by atoms with Gasteiger partial charge in [-0.3, -0.25) is 4.90 Å². The molecule has 1 saturated heterocycles. The van der Waals surface area contributed by atoms with Gasteiger partial charge >= 0.3 is 0 Å². The molecule has 3 aromatic carbocycles. The van der Waals surface area contributed by atoms with Crippen LogP contribution in [-0.2, 0) is 6.42 Å². The molecule has 35 heavy (non-hydrogen) atoms. The molecule has 1 aliphatic rings. The van der Waals surface area contributed by atoms with Gasteiger partial charge in [0.25, 0.3) is 0 Å². The van der Waals surface area contributed by atoms with Crippen LogP contribution >= 0.6 is 23.2 Å². The van der Waals surface area contributed by atoms with E-state index in [-0.39, 0.29) is 12.6 Å². The molecule has 0 aromatic heterocycles. The molecule has 4 rings (SSSR count). The van der Waals surface area contributed by atoms with Crippen molar-refractivity contribution >= 4 is 28.9 Å². The minimum atomic E-state index is -0.644. The van der Waals surface area contributed by atoms with Crippen LogP contribution in [0.15, 0.2) is 66.7 Å². The second kappa shape index (κ2) is 11.9. The Morgan fingerprint density at radius 2 is 1.74 bits per heavy atom. The molecule has 0 aliphatic carbocycles. The normalized spacial score (nSPS) is 17.2. The number of nitrogens with zero attached hydrogens (tertiary/aromatic N) is 3. The SMILES string of the molecule is N#Cc1ccc([C@H](O)CN2CCN(c3ccc(CCCO)cc3Cl)[C@H](c3ccc(Cl)cc3)C2)cc1. The molecule has 7 heteroatoms. The molecule has 1 aliphatic heterocycles. The first-order chi connectivity index (χ1) is 17.0. The van der Waals surface area contributed by atoms with Gasteiger partial charge in [-0.1, -0.05) is 53.5 Å². The summed E-state index contributed by atoms with van der Waals surface area (Å²) < 4.78 is 0. The topological polar surface area (TPSA) is 70.7 Å². The van der Waals surface area contributed by atoms with E-state index in [1.54, 1.807) is 12.1 Å². The van der Waals surface area contributed by atoms with Crippen LogP contribution < -0.4 is 4.90 Å². The van der Waals surface area contributed by atoms with Crippen molar-refractivity contribution in [3.63, 3.8) is 0 Å². The number of aliphatic hydroxyl groups is 2. The van der Waals surface area contributed by atoms with Crippen molar-refractivity contribution in [2.24, 2.45) is 0 Å². The van der Waals surface area contributed by atoms with E-state index >= 15 is 0 Å². The Labute approximate surface area is 216 Å². The lowest BCUT2D eigenvalue weighted by atomic mass is 9.99. The number of hydrogen-bond donors (Lipinski definition) is 2. The number of hydrogen-bond acceptors (Lipinski definition) is 5. The molecule has 182 valence electrons. The highest BCUT2D eigenvalue weighted by Gasteiger charge is 2.30. The van der Waals surface area contributed by atoms with Crippen molar-refractivity contribution in [3.8, 4) is 6.07 Å². The Bertz CT molecular complexity index is 1160. The summed E-state index contributed by atoms with van der Waals surface area (Å²) in [5.74, 6) is 0. The van der Waals surface area contributed by atoms with Crippen LogP contribution in [-0.4, -0.2) is 47.9 Å². The summed E-state index contributed by atoms with van der Waals surface area (Å²) in [5, 5.41) is 30.4. The number of aryl methyl sites for hydroxylation is 1. The number of rotatable bonds is 8. The van der Waals surface area contributed by atoms with Gasteiger partial charge in [0.15, 0.2) is 0 Å². The summed E-state index contributed by atoms with van der Waals surface area (Å²) in [6, 6.07) is 23.3. The third-order valence-corrected chi connectivity index (χ3v) is 7.07. The van der Waals surface area contributed by atoms with Crippen LogP contribution in [0.5, 0.6) is 0 Å². The zero-order valence-electron chi connectivity index (χ0n) is 19.4. The fraction of sp³-hybridized carbons (Fsp3) is 0.321. The van der Waals surface area contributed by atoms with Gasteiger partial charge < -0.3 is 15.1 Å². The van der Waals surface area contributed by atoms with Crippen LogP contribution in [0.1, 0.15) is 40.8 Å². The van der Waals surface area contributed by atoms with E-state index in [1.165, 1.54) is 0 Å². The van der Waals surface area contributed by atoms with Gasteiger partial charge in [0.1, 0.15) is 0 Å². The number of nitriles is 1. The molecule has 5 nitrogen and oxygen atoms in total. The van der Waals surface area contributed by atoms with Crippen molar-refractivity contribution in [2.45, 2.75) is 25.0 Å². The van der Waals surface area contributed by atoms with Gasteiger partial charge in [0.05, 0.1) is 34.5 Å². The number of halogens is 2. The predicted molar refractivity (Wildman–Crippen MR) is 141 cm³/mol. The number of β-amino-alcohol motifs (C(OH)–C–C–N with tert-alkyl or cyclic N) is 1. The molecule has 0 saturated carbocycles. The van der Waals surface area contributed by atoms with Crippen molar-refractivity contribution < 1.29 is 10.2 Å². The van der Waals surface area contributed by atoms with Gasteiger partial charge in [-0.2, -0.15) is 5.26 Å². The Hall–Kier alpha value is -2.59. The summed E-state index contributed by atoms with van der Waals surface area (Å²) in [5.41, 5.74) is 4.60. The quantitative estimate of drug-likeness (QED) is 0.426. The molecule has 2 N–H and O–H groups in total. The van der Waals surface area contributed by atoms with Crippen molar-refractivity contribution in [1.29, 1.82) is 5.26 Å². The van der Waals surface area contributed by atoms with E-state index in [2.05, 4.69) is 28.0 Å². The molecular weight excluding hydrogens is 481 g/mol.